The fraction of sp³-hybridized carbons (Fsp3) is 0.667. The van der Waals surface area contributed by atoms with Crippen LogP contribution in [-0.2, 0) is 5.54 Å². The summed E-state index contributed by atoms with van der Waals surface area (Å²) < 4.78 is 0. The normalized spacial score (nSPS) is 33.2. The zero-order valence-corrected chi connectivity index (χ0v) is 9.86. The van der Waals surface area contributed by atoms with Gasteiger partial charge in [-0.1, -0.05) is 6.92 Å². The average Bonchev–Trinajstić information content (AvgIpc) is 2.58. The average molecular weight is 209 g/mol. The van der Waals surface area contributed by atoms with Crippen molar-refractivity contribution >= 4 is 11.3 Å². The summed E-state index contributed by atoms with van der Waals surface area (Å²) in [6, 6.07) is 2.19. The minimum Gasteiger partial charge on any atom is -0.321 e. The molecule has 0 radical (unpaired) electrons. The van der Waals surface area contributed by atoms with E-state index in [0.29, 0.717) is 0 Å². The summed E-state index contributed by atoms with van der Waals surface area (Å²) in [5, 5.41) is 2.16. The molecule has 2 N–H and O–H groups in total. The van der Waals surface area contributed by atoms with Crippen molar-refractivity contribution < 1.29 is 0 Å². The van der Waals surface area contributed by atoms with Crippen LogP contribution in [0.4, 0.5) is 0 Å². The molecule has 1 aromatic rings. The highest BCUT2D eigenvalue weighted by atomic mass is 32.1. The van der Waals surface area contributed by atoms with Crippen LogP contribution < -0.4 is 5.73 Å². The molecule has 1 aliphatic carbocycles. The van der Waals surface area contributed by atoms with Gasteiger partial charge in [0.2, 0.25) is 0 Å². The highest BCUT2D eigenvalue weighted by molar-refractivity contribution is 7.10. The molecule has 1 heterocycles. The lowest BCUT2D eigenvalue weighted by Gasteiger charge is -2.36. The number of hydrogen-bond donors (Lipinski definition) is 1. The van der Waals surface area contributed by atoms with E-state index in [-0.39, 0.29) is 5.54 Å². The van der Waals surface area contributed by atoms with Crippen LogP contribution in [0.15, 0.2) is 11.4 Å². The fourth-order valence-corrected chi connectivity index (χ4v) is 3.49. The molecule has 0 unspecified atom stereocenters. The van der Waals surface area contributed by atoms with Crippen molar-refractivity contribution in [1.29, 1.82) is 0 Å². The number of aryl methyl sites for hydroxylation is 1. The van der Waals surface area contributed by atoms with Crippen LogP contribution in [0.2, 0.25) is 0 Å². The number of hydrogen-bond acceptors (Lipinski definition) is 2. The Labute approximate surface area is 90.3 Å². The van der Waals surface area contributed by atoms with Gasteiger partial charge in [-0.25, -0.2) is 0 Å². The maximum Gasteiger partial charge on any atom is 0.0506 e. The molecule has 14 heavy (non-hydrogen) atoms. The van der Waals surface area contributed by atoms with E-state index in [1.54, 1.807) is 0 Å². The maximum atomic E-state index is 6.50. The molecule has 0 spiro atoms. The van der Waals surface area contributed by atoms with Crippen LogP contribution in [0, 0.1) is 12.8 Å². The minimum atomic E-state index is -0.00917. The molecule has 0 aromatic carbocycles. The van der Waals surface area contributed by atoms with E-state index in [1.807, 2.05) is 11.3 Å². The van der Waals surface area contributed by atoms with Crippen LogP contribution >= 0.6 is 11.3 Å². The SMILES string of the molecule is Cc1ccsc1C1(N)CCC(C)CC1. The van der Waals surface area contributed by atoms with Crippen LogP contribution in [0.5, 0.6) is 0 Å². The fourth-order valence-electron chi connectivity index (χ4n) is 2.39. The molecule has 1 aliphatic rings. The second-order valence-electron chi connectivity index (χ2n) is 4.77. The maximum absolute atomic E-state index is 6.50. The van der Waals surface area contributed by atoms with Gasteiger partial charge in [0.1, 0.15) is 0 Å². The molecule has 0 amide bonds. The molecular formula is C12H19NS. The Kier molecular flexibility index (Phi) is 2.67. The topological polar surface area (TPSA) is 26.0 Å². The van der Waals surface area contributed by atoms with Crippen LogP contribution in [-0.4, -0.2) is 0 Å². The van der Waals surface area contributed by atoms with Crippen LogP contribution in [0.25, 0.3) is 0 Å². The zero-order chi connectivity index (χ0) is 10.2. The Morgan fingerprint density at radius 3 is 2.57 bits per heavy atom. The van der Waals surface area contributed by atoms with Gasteiger partial charge in [-0.15, -0.1) is 11.3 Å². The summed E-state index contributed by atoms with van der Waals surface area (Å²) >= 11 is 1.83. The van der Waals surface area contributed by atoms with E-state index in [2.05, 4.69) is 25.3 Å². The van der Waals surface area contributed by atoms with Gasteiger partial charge < -0.3 is 5.73 Å². The minimum absolute atomic E-state index is 0.00917. The summed E-state index contributed by atoms with van der Waals surface area (Å²) in [6.45, 7) is 4.51. The zero-order valence-electron chi connectivity index (χ0n) is 9.05. The second kappa shape index (κ2) is 3.67. The summed E-state index contributed by atoms with van der Waals surface area (Å²) in [7, 11) is 0. The first-order valence-electron chi connectivity index (χ1n) is 5.45. The first kappa shape index (κ1) is 10.2. The van der Waals surface area contributed by atoms with E-state index in [1.165, 1.54) is 23.3 Å². The molecule has 0 atom stereocenters. The number of nitrogens with two attached hydrogens (primary N) is 1. The van der Waals surface area contributed by atoms with E-state index < -0.39 is 0 Å². The van der Waals surface area contributed by atoms with Gasteiger partial charge in [-0.05, 0) is 55.5 Å². The van der Waals surface area contributed by atoms with Crippen molar-refractivity contribution in [2.24, 2.45) is 11.7 Å². The van der Waals surface area contributed by atoms with E-state index in [0.717, 1.165) is 18.8 Å². The second-order valence-corrected chi connectivity index (χ2v) is 5.69. The first-order chi connectivity index (χ1) is 6.62. The molecule has 2 rings (SSSR count). The lowest BCUT2D eigenvalue weighted by atomic mass is 9.76. The van der Waals surface area contributed by atoms with Gasteiger partial charge in [0.15, 0.2) is 0 Å². The lowest BCUT2D eigenvalue weighted by Crippen LogP contribution is -2.39. The summed E-state index contributed by atoms with van der Waals surface area (Å²) in [5.41, 5.74) is 7.87. The van der Waals surface area contributed by atoms with Crippen molar-refractivity contribution in [3.63, 3.8) is 0 Å². The van der Waals surface area contributed by atoms with E-state index in [4.69, 9.17) is 5.73 Å². The Morgan fingerprint density at radius 1 is 1.43 bits per heavy atom. The van der Waals surface area contributed by atoms with Crippen molar-refractivity contribution in [2.75, 3.05) is 0 Å². The van der Waals surface area contributed by atoms with Crippen LogP contribution in [0.1, 0.15) is 43.0 Å². The van der Waals surface area contributed by atoms with E-state index >= 15 is 0 Å². The molecule has 0 bridgehead atoms. The molecule has 78 valence electrons. The first-order valence-corrected chi connectivity index (χ1v) is 6.33. The molecule has 0 aliphatic heterocycles. The predicted molar refractivity (Wildman–Crippen MR) is 62.6 cm³/mol. The molecular weight excluding hydrogens is 190 g/mol. The summed E-state index contributed by atoms with van der Waals surface area (Å²) in [4.78, 5) is 1.42. The van der Waals surface area contributed by atoms with Crippen molar-refractivity contribution in [1.82, 2.24) is 0 Å². The molecule has 1 saturated carbocycles. The van der Waals surface area contributed by atoms with Gasteiger partial charge in [0.05, 0.1) is 5.54 Å². The Hall–Kier alpha value is -0.340. The number of rotatable bonds is 1. The van der Waals surface area contributed by atoms with Crippen molar-refractivity contribution in [2.45, 2.75) is 45.1 Å². The van der Waals surface area contributed by atoms with Gasteiger partial charge in [0, 0.05) is 4.88 Å². The predicted octanol–water partition coefficient (Wildman–Crippen LogP) is 3.42. The largest absolute Gasteiger partial charge is 0.321 e. The third kappa shape index (κ3) is 1.73. The Morgan fingerprint density at radius 2 is 2.07 bits per heavy atom. The standard InChI is InChI=1S/C12H19NS/c1-9-3-6-12(13,7-4-9)11-10(2)5-8-14-11/h5,8-9H,3-4,6-7,13H2,1-2H3. The smallest absolute Gasteiger partial charge is 0.0506 e. The number of thiophene rings is 1. The quantitative estimate of drug-likeness (QED) is 0.753. The van der Waals surface area contributed by atoms with E-state index in [9.17, 15) is 0 Å². The monoisotopic (exact) mass is 209 g/mol. The van der Waals surface area contributed by atoms with Crippen molar-refractivity contribution in [3.8, 4) is 0 Å². The summed E-state index contributed by atoms with van der Waals surface area (Å²) in [6.07, 6.45) is 4.90. The lowest BCUT2D eigenvalue weighted by molar-refractivity contribution is 0.251. The Balaban J connectivity index is 2.21. The highest BCUT2D eigenvalue weighted by Gasteiger charge is 2.33. The molecule has 0 saturated heterocycles. The van der Waals surface area contributed by atoms with Gasteiger partial charge in [-0.3, -0.25) is 0 Å². The molecule has 1 nitrogen and oxygen atoms in total. The molecule has 2 heteroatoms. The molecule has 1 fully saturated rings. The van der Waals surface area contributed by atoms with Gasteiger partial charge in [0.25, 0.3) is 0 Å². The van der Waals surface area contributed by atoms with Gasteiger partial charge in [-0.2, -0.15) is 0 Å². The molecule has 1 aromatic heterocycles. The highest BCUT2D eigenvalue weighted by Crippen LogP contribution is 2.40. The Bertz CT molecular complexity index is 308. The van der Waals surface area contributed by atoms with Crippen LogP contribution in [0.3, 0.4) is 0 Å². The van der Waals surface area contributed by atoms with Gasteiger partial charge >= 0.3 is 0 Å². The third-order valence-electron chi connectivity index (χ3n) is 3.48. The van der Waals surface area contributed by atoms with Crippen molar-refractivity contribution in [3.05, 3.63) is 21.9 Å². The third-order valence-corrected chi connectivity index (χ3v) is 4.72. The summed E-state index contributed by atoms with van der Waals surface area (Å²) in [5.74, 6) is 0.868.